The molecule has 0 aromatic heterocycles. The summed E-state index contributed by atoms with van der Waals surface area (Å²) in [6, 6.07) is 0.659. The first-order valence-electron chi connectivity index (χ1n) is 8.34. The van der Waals surface area contributed by atoms with Gasteiger partial charge in [-0.25, -0.2) is 0 Å². The highest BCUT2D eigenvalue weighted by atomic mass is 32.1. The molecule has 21 heavy (non-hydrogen) atoms. The molecule has 2 aliphatic heterocycles. The molecule has 0 spiro atoms. The predicted molar refractivity (Wildman–Crippen MR) is 88.0 cm³/mol. The molecule has 0 radical (unpaired) electrons. The molecule has 2 saturated heterocycles. The summed E-state index contributed by atoms with van der Waals surface area (Å²) < 4.78 is 0. The van der Waals surface area contributed by atoms with Gasteiger partial charge >= 0.3 is 0 Å². The Bertz CT molecular complexity index is 433. The molecule has 3 aliphatic rings. The average molecular weight is 309 g/mol. The van der Waals surface area contributed by atoms with E-state index in [1.807, 2.05) is 0 Å². The van der Waals surface area contributed by atoms with Crippen molar-refractivity contribution in [2.75, 3.05) is 26.7 Å². The van der Waals surface area contributed by atoms with E-state index in [4.69, 9.17) is 18.0 Å². The molecule has 0 aromatic rings. The van der Waals surface area contributed by atoms with Gasteiger partial charge in [-0.2, -0.15) is 0 Å². The molecule has 1 saturated carbocycles. The second kappa shape index (κ2) is 5.84. The lowest BCUT2D eigenvalue weighted by molar-refractivity contribution is -0.141. The Kier molecular flexibility index (Phi) is 4.23. The zero-order valence-corrected chi connectivity index (χ0v) is 13.8. The van der Waals surface area contributed by atoms with Crippen molar-refractivity contribution in [3.8, 4) is 0 Å². The monoisotopic (exact) mass is 309 g/mol. The topological polar surface area (TPSA) is 49.6 Å². The molecule has 3 fully saturated rings. The molecule has 2 unspecified atom stereocenters. The van der Waals surface area contributed by atoms with Crippen molar-refractivity contribution in [1.82, 2.24) is 9.80 Å². The van der Waals surface area contributed by atoms with Crippen LogP contribution in [0.4, 0.5) is 0 Å². The van der Waals surface area contributed by atoms with Gasteiger partial charge in [0.1, 0.15) is 0 Å². The number of carbonyl (C=O) groups excluding carboxylic acids is 1. The number of piperidine rings is 2. The largest absolute Gasteiger partial charge is 0.392 e. The van der Waals surface area contributed by atoms with Crippen LogP contribution in [0.15, 0.2) is 0 Å². The third kappa shape index (κ3) is 2.59. The molecule has 1 amide bonds. The van der Waals surface area contributed by atoms with Gasteiger partial charge in [0.15, 0.2) is 0 Å². The van der Waals surface area contributed by atoms with E-state index >= 15 is 0 Å². The van der Waals surface area contributed by atoms with Crippen LogP contribution >= 0.6 is 12.2 Å². The number of hydrogen-bond acceptors (Lipinski definition) is 3. The SMILES string of the molecule is CN1CCCC2CN(C(=O)C3(C(N)=S)CCCC3)CCC21. The maximum absolute atomic E-state index is 13.1. The van der Waals surface area contributed by atoms with Crippen LogP contribution in [0.25, 0.3) is 0 Å². The van der Waals surface area contributed by atoms with E-state index in [2.05, 4.69) is 16.8 Å². The maximum atomic E-state index is 13.1. The van der Waals surface area contributed by atoms with Crippen LogP contribution in [-0.2, 0) is 4.79 Å². The summed E-state index contributed by atoms with van der Waals surface area (Å²) in [6.07, 6.45) is 7.45. The molecular weight excluding hydrogens is 282 g/mol. The number of fused-ring (bicyclic) bond motifs is 1. The number of thiocarbonyl (C=S) groups is 1. The van der Waals surface area contributed by atoms with Crippen LogP contribution < -0.4 is 5.73 Å². The van der Waals surface area contributed by atoms with E-state index in [1.165, 1.54) is 19.4 Å². The lowest BCUT2D eigenvalue weighted by atomic mass is 9.80. The van der Waals surface area contributed by atoms with Crippen molar-refractivity contribution < 1.29 is 4.79 Å². The van der Waals surface area contributed by atoms with Gasteiger partial charge in [0.2, 0.25) is 5.91 Å². The van der Waals surface area contributed by atoms with Crippen LogP contribution in [-0.4, -0.2) is 53.4 Å². The Morgan fingerprint density at radius 2 is 1.90 bits per heavy atom. The summed E-state index contributed by atoms with van der Waals surface area (Å²) >= 11 is 5.27. The summed E-state index contributed by atoms with van der Waals surface area (Å²) in [7, 11) is 2.22. The summed E-state index contributed by atoms with van der Waals surface area (Å²) in [6.45, 7) is 2.97. The quantitative estimate of drug-likeness (QED) is 0.790. The minimum absolute atomic E-state index is 0.221. The summed E-state index contributed by atoms with van der Waals surface area (Å²) in [5, 5.41) is 0. The smallest absolute Gasteiger partial charge is 0.235 e. The Hall–Kier alpha value is -0.680. The normalized spacial score (nSPS) is 32.7. The third-order valence-electron chi connectivity index (χ3n) is 5.97. The molecule has 2 heterocycles. The first-order valence-corrected chi connectivity index (χ1v) is 8.75. The molecule has 2 atom stereocenters. The second-order valence-electron chi connectivity index (χ2n) is 7.14. The van der Waals surface area contributed by atoms with E-state index in [0.717, 1.165) is 45.2 Å². The summed E-state index contributed by atoms with van der Waals surface area (Å²) in [5.74, 6) is 0.852. The molecular formula is C16H27N3OS. The van der Waals surface area contributed by atoms with E-state index in [-0.39, 0.29) is 5.91 Å². The molecule has 118 valence electrons. The number of nitrogens with zero attached hydrogens (tertiary/aromatic N) is 2. The summed E-state index contributed by atoms with van der Waals surface area (Å²) in [5.41, 5.74) is 5.44. The minimum atomic E-state index is -0.525. The fourth-order valence-corrected chi connectivity index (χ4v) is 4.98. The van der Waals surface area contributed by atoms with Crippen molar-refractivity contribution in [1.29, 1.82) is 0 Å². The van der Waals surface area contributed by atoms with Gasteiger partial charge in [-0.15, -0.1) is 0 Å². The zero-order valence-electron chi connectivity index (χ0n) is 13.0. The van der Waals surface area contributed by atoms with Gasteiger partial charge in [-0.05, 0) is 51.6 Å². The molecule has 1 aliphatic carbocycles. The highest BCUT2D eigenvalue weighted by Crippen LogP contribution is 2.41. The average Bonchev–Trinajstić information content (AvgIpc) is 2.97. The minimum Gasteiger partial charge on any atom is -0.392 e. The second-order valence-corrected chi connectivity index (χ2v) is 7.58. The van der Waals surface area contributed by atoms with Gasteiger partial charge in [0.05, 0.1) is 10.4 Å². The van der Waals surface area contributed by atoms with E-state index in [0.29, 0.717) is 16.9 Å². The van der Waals surface area contributed by atoms with Gasteiger partial charge in [0, 0.05) is 19.1 Å². The lowest BCUT2D eigenvalue weighted by Gasteiger charge is -2.47. The highest BCUT2D eigenvalue weighted by Gasteiger charge is 2.48. The molecule has 5 heteroatoms. The fraction of sp³-hybridized carbons (Fsp3) is 0.875. The van der Waals surface area contributed by atoms with Crippen molar-refractivity contribution in [2.24, 2.45) is 17.1 Å². The van der Waals surface area contributed by atoms with E-state index in [9.17, 15) is 4.79 Å². The third-order valence-corrected chi connectivity index (χ3v) is 6.36. The van der Waals surface area contributed by atoms with Crippen molar-refractivity contribution in [3.05, 3.63) is 0 Å². The maximum Gasteiger partial charge on any atom is 0.235 e. The van der Waals surface area contributed by atoms with Crippen molar-refractivity contribution in [3.63, 3.8) is 0 Å². The predicted octanol–water partition coefficient (Wildman–Crippen LogP) is 1.78. The Morgan fingerprint density at radius 1 is 1.19 bits per heavy atom. The first kappa shape index (κ1) is 15.2. The first-order chi connectivity index (χ1) is 10.0. The van der Waals surface area contributed by atoms with Gasteiger partial charge in [-0.1, -0.05) is 25.1 Å². The number of carbonyl (C=O) groups is 1. The lowest BCUT2D eigenvalue weighted by Crippen LogP contribution is -2.57. The molecule has 2 N–H and O–H groups in total. The highest BCUT2D eigenvalue weighted by molar-refractivity contribution is 7.80. The Balaban J connectivity index is 1.72. The molecule has 0 aromatic carbocycles. The number of amides is 1. The van der Waals surface area contributed by atoms with Gasteiger partial charge in [0.25, 0.3) is 0 Å². The van der Waals surface area contributed by atoms with Crippen molar-refractivity contribution in [2.45, 2.75) is 51.0 Å². The molecule has 0 bridgehead atoms. The van der Waals surface area contributed by atoms with Gasteiger partial charge in [-0.3, -0.25) is 4.79 Å². The molecule has 3 rings (SSSR count). The van der Waals surface area contributed by atoms with Crippen LogP contribution in [0.3, 0.4) is 0 Å². The van der Waals surface area contributed by atoms with Gasteiger partial charge < -0.3 is 15.5 Å². The summed E-state index contributed by atoms with van der Waals surface area (Å²) in [4.78, 5) is 18.0. The van der Waals surface area contributed by atoms with Crippen LogP contribution in [0.2, 0.25) is 0 Å². The fourth-order valence-electron chi connectivity index (χ4n) is 4.68. The van der Waals surface area contributed by atoms with Crippen LogP contribution in [0, 0.1) is 11.3 Å². The zero-order chi connectivity index (χ0) is 15.0. The van der Waals surface area contributed by atoms with E-state index in [1.54, 1.807) is 0 Å². The number of rotatable bonds is 2. The number of nitrogens with two attached hydrogens (primary N) is 1. The number of likely N-dealkylation sites (tertiary alicyclic amines) is 2. The van der Waals surface area contributed by atoms with E-state index < -0.39 is 5.41 Å². The van der Waals surface area contributed by atoms with Crippen molar-refractivity contribution >= 4 is 23.1 Å². The molecule has 4 nitrogen and oxygen atoms in total. The Morgan fingerprint density at radius 3 is 2.57 bits per heavy atom. The standard InChI is InChI=1S/C16H27N3OS/c1-18-9-4-5-12-11-19(10-6-13(12)18)15(20)16(14(17)21)7-2-3-8-16/h12-13H,2-11H2,1H3,(H2,17,21). The van der Waals surface area contributed by atoms with Crippen LogP contribution in [0.1, 0.15) is 44.9 Å². The van der Waals surface area contributed by atoms with Crippen LogP contribution in [0.5, 0.6) is 0 Å². The Labute approximate surface area is 133 Å². The number of hydrogen-bond donors (Lipinski definition) is 1.